The van der Waals surface area contributed by atoms with E-state index in [0.717, 1.165) is 49.9 Å². The summed E-state index contributed by atoms with van der Waals surface area (Å²) in [6.07, 6.45) is 3.04. The van der Waals surface area contributed by atoms with Gasteiger partial charge >= 0.3 is 0 Å². The Hall–Kier alpha value is -2.91. The van der Waals surface area contributed by atoms with E-state index in [2.05, 4.69) is 25.5 Å². The fourth-order valence-electron chi connectivity index (χ4n) is 3.02. The Morgan fingerprint density at radius 1 is 1.11 bits per heavy atom. The number of hydrogen-bond donors (Lipinski definition) is 2. The fraction of sp³-hybridized carbons (Fsp3) is 0.421. The third-order valence-corrected chi connectivity index (χ3v) is 4.61. The van der Waals surface area contributed by atoms with Crippen molar-refractivity contribution in [3.05, 3.63) is 41.9 Å². The number of nitrogens with one attached hydrogen (secondary N) is 2. The number of morpholine rings is 1. The van der Waals surface area contributed by atoms with E-state index in [0.29, 0.717) is 24.6 Å². The number of benzene rings is 1. The van der Waals surface area contributed by atoms with E-state index in [-0.39, 0.29) is 12.7 Å². The second kappa shape index (κ2) is 8.85. The normalized spacial score (nSPS) is 16.0. The molecule has 148 valence electrons. The zero-order valence-electron chi connectivity index (χ0n) is 15.5. The third-order valence-electron chi connectivity index (χ3n) is 4.61. The largest absolute Gasteiger partial charge is 0.454 e. The van der Waals surface area contributed by atoms with Gasteiger partial charge in [-0.3, -0.25) is 9.69 Å². The summed E-state index contributed by atoms with van der Waals surface area (Å²) < 4.78 is 16.0. The first-order chi connectivity index (χ1) is 13.8. The highest BCUT2D eigenvalue weighted by Gasteiger charge is 2.14. The number of hydrogen-bond acceptors (Lipinski definition) is 8. The van der Waals surface area contributed by atoms with Crippen molar-refractivity contribution in [1.82, 2.24) is 20.2 Å². The number of fused-ring (bicyclic) bond motifs is 1. The molecule has 1 aromatic heterocycles. The third kappa shape index (κ3) is 4.68. The Morgan fingerprint density at radius 2 is 1.96 bits per heavy atom. The molecule has 2 aromatic rings. The molecule has 1 amide bonds. The van der Waals surface area contributed by atoms with Gasteiger partial charge in [-0.1, -0.05) is 6.07 Å². The number of anilines is 1. The molecule has 2 aliphatic heterocycles. The molecule has 0 atom stereocenters. The van der Waals surface area contributed by atoms with Crippen molar-refractivity contribution in [2.75, 3.05) is 51.5 Å². The lowest BCUT2D eigenvalue weighted by Crippen LogP contribution is -2.41. The molecule has 1 fully saturated rings. The lowest BCUT2D eigenvalue weighted by molar-refractivity contribution is 0.0383. The predicted molar refractivity (Wildman–Crippen MR) is 102 cm³/mol. The monoisotopic (exact) mass is 385 g/mol. The fourth-order valence-corrected chi connectivity index (χ4v) is 3.02. The van der Waals surface area contributed by atoms with Gasteiger partial charge in [-0.05, 0) is 17.7 Å². The summed E-state index contributed by atoms with van der Waals surface area (Å²) >= 11 is 0. The Morgan fingerprint density at radius 3 is 2.79 bits per heavy atom. The molecule has 0 unspecified atom stereocenters. The van der Waals surface area contributed by atoms with Crippen molar-refractivity contribution in [2.24, 2.45) is 0 Å². The van der Waals surface area contributed by atoms with Crippen LogP contribution in [0.1, 0.15) is 16.1 Å². The molecule has 1 aromatic carbocycles. The highest BCUT2D eigenvalue weighted by molar-refractivity contribution is 5.91. The number of nitrogens with zero attached hydrogens (tertiary/aromatic N) is 3. The summed E-state index contributed by atoms with van der Waals surface area (Å²) in [5.74, 6) is 1.88. The van der Waals surface area contributed by atoms with Crippen LogP contribution in [0.15, 0.2) is 30.6 Å². The van der Waals surface area contributed by atoms with E-state index in [1.165, 1.54) is 6.20 Å². The maximum atomic E-state index is 12.2. The zero-order chi connectivity index (χ0) is 19.2. The number of carbonyl (C=O) groups is 1. The summed E-state index contributed by atoms with van der Waals surface area (Å²) in [7, 11) is 0. The molecule has 0 saturated carbocycles. The van der Waals surface area contributed by atoms with Gasteiger partial charge in [0.05, 0.1) is 25.6 Å². The molecule has 9 nitrogen and oxygen atoms in total. The number of carbonyl (C=O) groups excluding carboxylic acids is 1. The standard InChI is InChI=1S/C19H23N5O4/c25-19(20-3-4-24-5-7-26-8-6-24)15-11-23-18(12-21-15)22-10-14-1-2-16-17(9-14)28-13-27-16/h1-2,9,11-12H,3-8,10,13H2,(H,20,25)(H,22,23). The minimum absolute atomic E-state index is 0.219. The van der Waals surface area contributed by atoms with Crippen molar-refractivity contribution < 1.29 is 19.0 Å². The van der Waals surface area contributed by atoms with Crippen LogP contribution >= 0.6 is 0 Å². The SMILES string of the molecule is O=C(NCCN1CCOCC1)c1cnc(NCc2ccc3c(c2)OCO3)cn1. The highest BCUT2D eigenvalue weighted by Crippen LogP contribution is 2.32. The van der Waals surface area contributed by atoms with E-state index in [1.807, 2.05) is 18.2 Å². The van der Waals surface area contributed by atoms with E-state index >= 15 is 0 Å². The van der Waals surface area contributed by atoms with Crippen LogP contribution in [0.2, 0.25) is 0 Å². The van der Waals surface area contributed by atoms with E-state index < -0.39 is 0 Å². The maximum absolute atomic E-state index is 12.2. The molecular formula is C19H23N5O4. The first-order valence-electron chi connectivity index (χ1n) is 9.31. The summed E-state index contributed by atoms with van der Waals surface area (Å²) in [6, 6.07) is 5.78. The van der Waals surface area contributed by atoms with Gasteiger partial charge in [0.1, 0.15) is 11.5 Å². The highest BCUT2D eigenvalue weighted by atomic mass is 16.7. The quantitative estimate of drug-likeness (QED) is 0.725. The summed E-state index contributed by atoms with van der Waals surface area (Å²) in [5.41, 5.74) is 1.34. The number of ether oxygens (including phenoxy) is 3. The van der Waals surface area contributed by atoms with E-state index in [1.54, 1.807) is 6.20 Å². The smallest absolute Gasteiger partial charge is 0.271 e. The number of amides is 1. The Labute approximate surface area is 163 Å². The molecule has 2 aliphatic rings. The minimum Gasteiger partial charge on any atom is -0.454 e. The first-order valence-corrected chi connectivity index (χ1v) is 9.31. The van der Waals surface area contributed by atoms with Gasteiger partial charge in [0.2, 0.25) is 6.79 Å². The van der Waals surface area contributed by atoms with Gasteiger partial charge in [0, 0.05) is 32.7 Å². The lowest BCUT2D eigenvalue weighted by Gasteiger charge is -2.26. The van der Waals surface area contributed by atoms with Crippen LogP contribution in [0.25, 0.3) is 0 Å². The Kier molecular flexibility index (Phi) is 5.83. The predicted octanol–water partition coefficient (Wildman–Crippen LogP) is 0.879. The van der Waals surface area contributed by atoms with Gasteiger partial charge in [-0.15, -0.1) is 0 Å². The zero-order valence-corrected chi connectivity index (χ0v) is 15.5. The average molecular weight is 385 g/mol. The topological polar surface area (TPSA) is 97.8 Å². The second-order valence-corrected chi connectivity index (χ2v) is 6.54. The van der Waals surface area contributed by atoms with Crippen molar-refractivity contribution >= 4 is 11.7 Å². The lowest BCUT2D eigenvalue weighted by atomic mass is 10.2. The van der Waals surface area contributed by atoms with Gasteiger partial charge in [0.25, 0.3) is 5.91 Å². The molecular weight excluding hydrogens is 362 g/mol. The van der Waals surface area contributed by atoms with Crippen molar-refractivity contribution in [1.29, 1.82) is 0 Å². The number of aromatic nitrogens is 2. The van der Waals surface area contributed by atoms with Gasteiger partial charge < -0.3 is 24.8 Å². The average Bonchev–Trinajstić information content (AvgIpc) is 3.21. The first kappa shape index (κ1) is 18.5. The molecule has 2 N–H and O–H groups in total. The van der Waals surface area contributed by atoms with Crippen LogP contribution in [0.3, 0.4) is 0 Å². The molecule has 0 aliphatic carbocycles. The van der Waals surface area contributed by atoms with Crippen molar-refractivity contribution in [3.63, 3.8) is 0 Å². The van der Waals surface area contributed by atoms with Crippen LogP contribution in [0.4, 0.5) is 5.82 Å². The van der Waals surface area contributed by atoms with E-state index in [4.69, 9.17) is 14.2 Å². The van der Waals surface area contributed by atoms with Gasteiger partial charge in [0.15, 0.2) is 11.5 Å². The molecule has 1 saturated heterocycles. The maximum Gasteiger partial charge on any atom is 0.271 e. The van der Waals surface area contributed by atoms with Gasteiger partial charge in [-0.25, -0.2) is 9.97 Å². The molecule has 0 spiro atoms. The molecule has 4 rings (SSSR count). The molecule has 28 heavy (non-hydrogen) atoms. The van der Waals surface area contributed by atoms with Crippen LogP contribution in [0, 0.1) is 0 Å². The molecule has 0 bridgehead atoms. The van der Waals surface area contributed by atoms with Crippen LogP contribution in [0.5, 0.6) is 11.5 Å². The second-order valence-electron chi connectivity index (χ2n) is 6.54. The van der Waals surface area contributed by atoms with Crippen LogP contribution < -0.4 is 20.1 Å². The molecule has 0 radical (unpaired) electrons. The minimum atomic E-state index is -0.219. The van der Waals surface area contributed by atoms with Crippen LogP contribution in [-0.4, -0.2) is 67.0 Å². The molecule has 9 heteroatoms. The van der Waals surface area contributed by atoms with Gasteiger partial charge in [-0.2, -0.15) is 0 Å². The summed E-state index contributed by atoms with van der Waals surface area (Å²) in [6.45, 7) is 5.51. The summed E-state index contributed by atoms with van der Waals surface area (Å²) in [5, 5.41) is 6.06. The molecule has 3 heterocycles. The number of rotatable bonds is 7. The Balaban J connectivity index is 1.23. The van der Waals surface area contributed by atoms with Crippen LogP contribution in [-0.2, 0) is 11.3 Å². The van der Waals surface area contributed by atoms with E-state index in [9.17, 15) is 4.79 Å². The van der Waals surface area contributed by atoms with Crippen molar-refractivity contribution in [3.8, 4) is 11.5 Å². The van der Waals surface area contributed by atoms with Crippen molar-refractivity contribution in [2.45, 2.75) is 6.54 Å². The summed E-state index contributed by atoms with van der Waals surface area (Å²) in [4.78, 5) is 22.9. The Bertz CT molecular complexity index is 808.